The molecule has 90 heavy (non-hydrogen) atoms. The van der Waals surface area contributed by atoms with Crippen LogP contribution in [0.25, 0.3) is 21.6 Å². The van der Waals surface area contributed by atoms with E-state index in [0.717, 1.165) is 56.4 Å². The second-order valence-electron chi connectivity index (χ2n) is 23.9. The highest BCUT2D eigenvalue weighted by Gasteiger charge is 2.51. The molecule has 4 amide bonds. The number of alkyl halides is 6. The Morgan fingerprint density at radius 3 is 2.02 bits per heavy atom. The van der Waals surface area contributed by atoms with Crippen LogP contribution in [0.2, 0.25) is 0 Å². The van der Waals surface area contributed by atoms with E-state index in [9.17, 15) is 55.6 Å². The number of thiazole rings is 1. The molecule has 2 aliphatic rings. The Labute approximate surface area is 527 Å². The SMILES string of the molecule is Cc1ncsc1-c1ccc(CNC(=O)[C@@H]2C[C@@H](OC(=O)CCOCC[N+](C)(C)C)CN2C(=O)[C@@H](NC(=O)COCCCCOc2ccc(-c3ccc(N4C(=S)N(c5ccc(C#N)c(C(F)(F)F)c5)C(=O)C4(C)C)cc3)cc2)C(C)(C)C)cc1.O=C([O-])C(F)(F)F. The minimum atomic E-state index is -5.19. The minimum absolute atomic E-state index is 0.00249. The number of hydrogen-bond acceptors (Lipinski definition) is 15. The monoisotopic (exact) mass is 1290 g/mol. The van der Waals surface area contributed by atoms with Crippen LogP contribution in [0.3, 0.4) is 0 Å². The van der Waals surface area contributed by atoms with E-state index in [1.54, 1.807) is 53.8 Å². The molecule has 484 valence electrons. The Balaban J connectivity index is 0.00000174. The van der Waals surface area contributed by atoms with Crippen LogP contribution in [-0.2, 0) is 55.7 Å². The number of thiocarbonyl (C=S) groups is 1. The summed E-state index contributed by atoms with van der Waals surface area (Å²) in [4.78, 5) is 86.9. The number of quaternary nitrogens is 1. The Morgan fingerprint density at radius 2 is 1.46 bits per heavy atom. The number of aryl methyl sites for hydroxylation is 1. The first-order valence-corrected chi connectivity index (χ1v) is 29.8. The molecule has 27 heteroatoms. The van der Waals surface area contributed by atoms with E-state index < -0.39 is 88.2 Å². The van der Waals surface area contributed by atoms with Crippen molar-refractivity contribution < 1.29 is 83.6 Å². The molecule has 0 unspecified atom stereocenters. The van der Waals surface area contributed by atoms with Gasteiger partial charge >= 0.3 is 18.3 Å². The lowest BCUT2D eigenvalue weighted by Gasteiger charge is -2.35. The highest BCUT2D eigenvalue weighted by molar-refractivity contribution is 7.81. The lowest BCUT2D eigenvalue weighted by atomic mass is 9.85. The van der Waals surface area contributed by atoms with Gasteiger partial charge in [-0.25, -0.2) is 4.98 Å². The largest absolute Gasteiger partial charge is 0.542 e. The van der Waals surface area contributed by atoms with E-state index >= 15 is 0 Å². The molecule has 3 heterocycles. The number of aromatic nitrogens is 1. The number of ether oxygens (including phenoxy) is 4. The van der Waals surface area contributed by atoms with Gasteiger partial charge in [0.05, 0.1) is 92.9 Å². The van der Waals surface area contributed by atoms with Gasteiger partial charge in [-0.1, -0.05) is 69.3 Å². The molecule has 1 aromatic heterocycles. The fourth-order valence-electron chi connectivity index (χ4n) is 9.56. The first kappa shape index (κ1) is 71.1. The Hall–Kier alpha value is -8.03. The number of carbonyl (C=O) groups is 6. The van der Waals surface area contributed by atoms with Gasteiger partial charge in [0.2, 0.25) is 17.7 Å². The summed E-state index contributed by atoms with van der Waals surface area (Å²) < 4.78 is 96.9. The highest BCUT2D eigenvalue weighted by atomic mass is 32.1. The molecule has 5 aromatic rings. The molecule has 0 saturated carbocycles. The van der Waals surface area contributed by atoms with Crippen LogP contribution in [0.1, 0.15) is 82.7 Å². The predicted octanol–water partition coefficient (Wildman–Crippen LogP) is 8.54. The van der Waals surface area contributed by atoms with Gasteiger partial charge in [0.25, 0.3) is 5.91 Å². The smallest absolute Gasteiger partial charge is 0.430 e. The van der Waals surface area contributed by atoms with Gasteiger partial charge in [0.1, 0.15) is 48.6 Å². The van der Waals surface area contributed by atoms with E-state index in [2.05, 4.69) is 15.6 Å². The number of nitrogens with zero attached hydrogens (tertiary/aromatic N) is 6. The van der Waals surface area contributed by atoms with Gasteiger partial charge in [0.15, 0.2) is 5.11 Å². The molecular formula is C63H72F6N8O11S2. The van der Waals surface area contributed by atoms with Crippen molar-refractivity contribution in [3.63, 3.8) is 0 Å². The molecule has 4 aromatic carbocycles. The summed E-state index contributed by atoms with van der Waals surface area (Å²) in [5.74, 6) is -4.81. The fraction of sp³-hybridized carbons (Fsp3) is 0.444. The summed E-state index contributed by atoms with van der Waals surface area (Å²) in [6, 6.07) is 25.1. The minimum Gasteiger partial charge on any atom is -0.542 e. The molecule has 3 atom stereocenters. The van der Waals surface area contributed by atoms with Crippen LogP contribution in [0.4, 0.5) is 37.7 Å². The second kappa shape index (κ2) is 30.2. The standard InChI is InChI=1S/C61H71F3N8O9S2.C2HF3O2/c1-39-53(83-38-67-39)43-14-12-40(13-15-43)35-66-55(75)50-33-48(81-52(74)26-30-78-31-27-72(7,8)9)36-69(50)56(76)54(59(2,3)4)68-51(73)37-79-28-10-11-29-80-47-24-19-42(20-25-47)41-16-21-45(22-17-41)71-58(82)70(57(77)60(71,5)6)46-23-18-44(34-65)49(32-46)61(62,63)64;3-2(4,5)1(6)7/h12-25,32,38,48,50,54H,10-11,26-31,33,35-37H2,1-9H3,(H-,66,68,73,75);(H,6,7)/t48-,50+,54-;/m1./s1. The van der Waals surface area contributed by atoms with Gasteiger partial charge in [-0.3, -0.25) is 28.9 Å². The number of carboxylic acid groups (broad SMARTS) is 1. The number of esters is 1. The van der Waals surface area contributed by atoms with Crippen molar-refractivity contribution in [3.8, 4) is 33.4 Å². The highest BCUT2D eigenvalue weighted by Crippen LogP contribution is 2.41. The van der Waals surface area contributed by atoms with Crippen LogP contribution < -0.4 is 30.3 Å². The third-order valence-corrected chi connectivity index (χ3v) is 15.8. The average molecular weight is 1300 g/mol. The summed E-state index contributed by atoms with van der Waals surface area (Å²) in [7, 11) is 6.14. The maximum absolute atomic E-state index is 14.6. The summed E-state index contributed by atoms with van der Waals surface area (Å²) in [6.07, 6.45) is -9.50. The topological polar surface area (TPSA) is 233 Å². The van der Waals surface area contributed by atoms with Gasteiger partial charge < -0.3 is 53.8 Å². The number of nitrogens with one attached hydrogen (secondary N) is 2. The zero-order valence-electron chi connectivity index (χ0n) is 51.2. The van der Waals surface area contributed by atoms with Gasteiger partial charge in [-0.2, -0.15) is 31.6 Å². The Kier molecular flexibility index (Phi) is 23.8. The van der Waals surface area contributed by atoms with Crippen molar-refractivity contribution in [3.05, 3.63) is 119 Å². The first-order valence-electron chi connectivity index (χ1n) is 28.5. The Morgan fingerprint density at radius 1 is 0.856 bits per heavy atom. The van der Waals surface area contributed by atoms with Crippen molar-refractivity contribution in [1.29, 1.82) is 5.26 Å². The Bertz CT molecular complexity index is 3400. The second-order valence-corrected chi connectivity index (χ2v) is 25.1. The number of unbranched alkanes of at least 4 members (excludes halogenated alkanes) is 1. The number of rotatable bonds is 24. The molecule has 0 aliphatic carbocycles. The van der Waals surface area contributed by atoms with Crippen LogP contribution in [0.5, 0.6) is 5.75 Å². The number of carboxylic acids is 1. The van der Waals surface area contributed by atoms with E-state index in [1.165, 1.54) is 11.0 Å². The van der Waals surface area contributed by atoms with Gasteiger partial charge in [0, 0.05) is 25.3 Å². The molecule has 7 rings (SSSR count). The van der Waals surface area contributed by atoms with Crippen molar-refractivity contribution in [1.82, 2.24) is 20.5 Å². The number of halogens is 6. The van der Waals surface area contributed by atoms with Crippen LogP contribution in [-0.4, -0.2) is 152 Å². The number of likely N-dealkylation sites (N-methyl/N-ethyl adjacent to an activating group) is 1. The van der Waals surface area contributed by atoms with E-state index in [0.29, 0.717) is 42.0 Å². The van der Waals surface area contributed by atoms with E-state index in [-0.39, 0.29) is 56.6 Å². The number of hydrogen-bond donors (Lipinski definition) is 2. The molecule has 0 bridgehead atoms. The number of aliphatic carboxylic acids is 1. The molecule has 19 nitrogen and oxygen atoms in total. The molecule has 2 aliphatic heterocycles. The number of likely N-dealkylation sites (tertiary alicyclic amines) is 1. The summed E-state index contributed by atoms with van der Waals surface area (Å²) in [5.41, 5.74) is 3.05. The van der Waals surface area contributed by atoms with Gasteiger partial charge in [-0.05, 0) is 116 Å². The number of benzene rings is 4. The summed E-state index contributed by atoms with van der Waals surface area (Å²) in [6.45, 7) is 12.6. The molecule has 2 fully saturated rings. The van der Waals surface area contributed by atoms with E-state index in [1.807, 2.05) is 110 Å². The third kappa shape index (κ3) is 19.2. The normalized spacial score (nSPS) is 16.2. The van der Waals surface area contributed by atoms with Crippen LogP contribution >= 0.6 is 23.6 Å². The summed E-state index contributed by atoms with van der Waals surface area (Å²) >= 11 is 7.24. The molecule has 2 N–H and O–H groups in total. The maximum Gasteiger partial charge on any atom is 0.430 e. The maximum atomic E-state index is 14.6. The summed E-state index contributed by atoms with van der Waals surface area (Å²) in [5, 5.41) is 23.9. The zero-order valence-corrected chi connectivity index (χ0v) is 52.8. The van der Waals surface area contributed by atoms with Crippen LogP contribution in [0, 0.1) is 23.7 Å². The van der Waals surface area contributed by atoms with Crippen molar-refractivity contribution in [2.75, 3.05) is 77.1 Å². The predicted molar refractivity (Wildman–Crippen MR) is 325 cm³/mol. The van der Waals surface area contributed by atoms with Gasteiger partial charge in [-0.15, -0.1) is 11.3 Å². The lowest BCUT2D eigenvalue weighted by molar-refractivity contribution is -0.870. The van der Waals surface area contributed by atoms with Crippen molar-refractivity contribution in [2.24, 2.45) is 5.41 Å². The zero-order chi connectivity index (χ0) is 66.5. The third-order valence-electron chi connectivity index (χ3n) is 14.4. The average Bonchev–Trinajstić information content (AvgIpc) is 1.59. The number of carbonyl (C=O) groups excluding carboxylic acids is 6. The number of anilines is 2. The van der Waals surface area contributed by atoms with Crippen LogP contribution in [0.15, 0.2) is 96.5 Å². The molecule has 0 radical (unpaired) electrons. The number of nitriles is 1. The van der Waals surface area contributed by atoms with Crippen molar-refractivity contribution in [2.45, 2.75) is 110 Å². The first-order chi connectivity index (χ1) is 42.1. The fourth-order valence-corrected chi connectivity index (χ4v) is 10.9. The molecule has 2 saturated heterocycles. The van der Waals surface area contributed by atoms with E-state index in [4.69, 9.17) is 41.1 Å². The lowest BCUT2D eigenvalue weighted by Crippen LogP contribution is -2.58. The quantitative estimate of drug-likeness (QED) is 0.0194. The number of amides is 4. The van der Waals surface area contributed by atoms with Crippen molar-refractivity contribution >= 4 is 75.6 Å². The molecular weight excluding hydrogens is 1220 g/mol. The molecule has 0 spiro atoms.